The van der Waals surface area contributed by atoms with E-state index in [1.807, 2.05) is 4.90 Å². The van der Waals surface area contributed by atoms with Crippen molar-refractivity contribution in [2.24, 2.45) is 0 Å². The van der Waals surface area contributed by atoms with Gasteiger partial charge in [-0.15, -0.1) is 0 Å². The van der Waals surface area contributed by atoms with Crippen molar-refractivity contribution in [3.05, 3.63) is 75.3 Å². The molecule has 31 heavy (non-hydrogen) atoms. The molecule has 0 unspecified atom stereocenters. The molecule has 3 rings (SSSR count). The summed E-state index contributed by atoms with van der Waals surface area (Å²) in [5.74, 6) is -0.763. The molecule has 1 aliphatic rings. The molecule has 0 aliphatic carbocycles. The summed E-state index contributed by atoms with van der Waals surface area (Å²) in [6, 6.07) is 10.4. The standard InChI is InChI=1S/C21H20F3N3O4/c22-21(23,24)19-4-2-1-3-18(19)20(29)26-11-9-25(10-12-26)14-17(28)13-15-5-7-16(8-6-15)27(30)31/h1-8H,9-14H2. The molecule has 1 fully saturated rings. The number of rotatable bonds is 6. The summed E-state index contributed by atoms with van der Waals surface area (Å²) in [5, 5.41) is 10.7. The second-order valence-corrected chi connectivity index (χ2v) is 7.25. The van der Waals surface area contributed by atoms with Gasteiger partial charge in [0.25, 0.3) is 11.6 Å². The third kappa shape index (κ3) is 5.66. The third-order valence-electron chi connectivity index (χ3n) is 5.07. The molecule has 10 heteroatoms. The molecule has 0 spiro atoms. The van der Waals surface area contributed by atoms with Crippen LogP contribution in [0.15, 0.2) is 48.5 Å². The quantitative estimate of drug-likeness (QED) is 0.514. The number of ketones is 1. The summed E-state index contributed by atoms with van der Waals surface area (Å²) in [6.07, 6.45) is -4.49. The number of halogens is 3. The highest BCUT2D eigenvalue weighted by atomic mass is 19.4. The fourth-order valence-electron chi connectivity index (χ4n) is 3.46. The van der Waals surface area contributed by atoms with Gasteiger partial charge in [0.2, 0.25) is 0 Å². The largest absolute Gasteiger partial charge is 0.417 e. The highest BCUT2D eigenvalue weighted by Crippen LogP contribution is 2.32. The van der Waals surface area contributed by atoms with E-state index >= 15 is 0 Å². The van der Waals surface area contributed by atoms with E-state index in [2.05, 4.69) is 0 Å². The molecule has 0 saturated carbocycles. The maximum Gasteiger partial charge on any atom is 0.417 e. The molecule has 0 radical (unpaired) electrons. The van der Waals surface area contributed by atoms with Crippen LogP contribution < -0.4 is 0 Å². The number of carbonyl (C=O) groups is 2. The number of hydrogen-bond acceptors (Lipinski definition) is 5. The number of non-ortho nitro benzene ring substituents is 1. The van der Waals surface area contributed by atoms with Gasteiger partial charge in [0, 0.05) is 44.7 Å². The van der Waals surface area contributed by atoms with Crippen LogP contribution in [0.25, 0.3) is 0 Å². The van der Waals surface area contributed by atoms with Crippen LogP contribution in [0.3, 0.4) is 0 Å². The topological polar surface area (TPSA) is 83.8 Å². The molecule has 0 atom stereocenters. The minimum Gasteiger partial charge on any atom is -0.336 e. The fourth-order valence-corrected chi connectivity index (χ4v) is 3.46. The minimum absolute atomic E-state index is 0.0518. The number of nitro groups is 1. The van der Waals surface area contributed by atoms with Gasteiger partial charge in [-0.25, -0.2) is 0 Å². The molecule has 2 aromatic rings. The zero-order valence-corrected chi connectivity index (χ0v) is 16.5. The van der Waals surface area contributed by atoms with Crippen LogP contribution in [0.4, 0.5) is 18.9 Å². The number of hydrogen-bond donors (Lipinski definition) is 0. The van der Waals surface area contributed by atoms with E-state index in [0.717, 1.165) is 6.07 Å². The van der Waals surface area contributed by atoms with Crippen molar-refractivity contribution < 1.29 is 27.7 Å². The van der Waals surface area contributed by atoms with E-state index < -0.39 is 22.6 Å². The van der Waals surface area contributed by atoms with Crippen LogP contribution >= 0.6 is 0 Å². The maximum atomic E-state index is 13.2. The average Bonchev–Trinajstić information content (AvgIpc) is 2.73. The molecule has 1 saturated heterocycles. The van der Waals surface area contributed by atoms with Gasteiger partial charge in [-0.05, 0) is 17.7 Å². The van der Waals surface area contributed by atoms with E-state index in [9.17, 15) is 32.9 Å². The fraction of sp³-hybridized carbons (Fsp3) is 0.333. The Morgan fingerprint density at radius 3 is 2.16 bits per heavy atom. The highest BCUT2D eigenvalue weighted by molar-refractivity contribution is 5.96. The summed E-state index contributed by atoms with van der Waals surface area (Å²) in [5.41, 5.74) is -0.726. The number of nitrogens with zero attached hydrogens (tertiary/aromatic N) is 3. The summed E-state index contributed by atoms with van der Waals surface area (Å²) in [6.45, 7) is 1.31. The Morgan fingerprint density at radius 2 is 1.58 bits per heavy atom. The number of carbonyl (C=O) groups excluding carboxylic acids is 2. The Kier molecular flexibility index (Phi) is 6.69. The zero-order valence-electron chi connectivity index (χ0n) is 16.5. The molecule has 164 valence electrons. The predicted octanol–water partition coefficient (Wildman–Crippen LogP) is 3.18. The first-order chi connectivity index (χ1) is 14.6. The summed E-state index contributed by atoms with van der Waals surface area (Å²) >= 11 is 0. The lowest BCUT2D eigenvalue weighted by molar-refractivity contribution is -0.384. The van der Waals surface area contributed by atoms with Crippen LogP contribution in [0, 0.1) is 10.1 Å². The Bertz CT molecular complexity index is 969. The summed E-state index contributed by atoms with van der Waals surface area (Å²) in [4.78, 5) is 38.3. The van der Waals surface area contributed by atoms with Crippen molar-refractivity contribution in [2.75, 3.05) is 32.7 Å². The molecule has 1 amide bonds. The Morgan fingerprint density at radius 1 is 0.968 bits per heavy atom. The van der Waals surface area contributed by atoms with E-state index in [1.54, 1.807) is 0 Å². The van der Waals surface area contributed by atoms with Crippen LogP contribution in [0.1, 0.15) is 21.5 Å². The van der Waals surface area contributed by atoms with Gasteiger partial charge in [-0.2, -0.15) is 13.2 Å². The number of nitro benzene ring substituents is 1. The van der Waals surface area contributed by atoms with E-state index in [0.29, 0.717) is 18.7 Å². The van der Waals surface area contributed by atoms with Crippen molar-refractivity contribution >= 4 is 17.4 Å². The second kappa shape index (κ2) is 9.25. The molecule has 7 nitrogen and oxygen atoms in total. The minimum atomic E-state index is -4.61. The highest BCUT2D eigenvalue weighted by Gasteiger charge is 2.36. The SMILES string of the molecule is O=C(Cc1ccc([N+](=O)[O-])cc1)CN1CCN(C(=O)c2ccccc2C(F)(F)F)CC1. The number of Topliss-reactive ketones (excluding diaryl/α,β-unsaturated/α-hetero) is 1. The number of amides is 1. The molecular weight excluding hydrogens is 415 g/mol. The average molecular weight is 435 g/mol. The van der Waals surface area contributed by atoms with Gasteiger partial charge >= 0.3 is 6.18 Å². The second-order valence-electron chi connectivity index (χ2n) is 7.25. The van der Waals surface area contributed by atoms with Crippen molar-refractivity contribution in [3.8, 4) is 0 Å². The molecule has 2 aromatic carbocycles. The molecule has 0 aromatic heterocycles. The maximum absolute atomic E-state index is 13.2. The van der Waals surface area contributed by atoms with Crippen LogP contribution in [0.2, 0.25) is 0 Å². The first-order valence-corrected chi connectivity index (χ1v) is 9.58. The lowest BCUT2D eigenvalue weighted by atomic mass is 10.1. The number of benzene rings is 2. The molecule has 0 bridgehead atoms. The first kappa shape index (κ1) is 22.4. The number of piperazine rings is 1. The third-order valence-corrected chi connectivity index (χ3v) is 5.07. The van der Waals surface area contributed by atoms with E-state index in [-0.39, 0.29) is 43.1 Å². The first-order valence-electron chi connectivity index (χ1n) is 9.58. The Balaban J connectivity index is 1.53. The van der Waals surface area contributed by atoms with Crippen molar-refractivity contribution in [3.63, 3.8) is 0 Å². The summed E-state index contributed by atoms with van der Waals surface area (Å²) in [7, 11) is 0. The van der Waals surface area contributed by atoms with Crippen LogP contribution in [-0.2, 0) is 17.4 Å². The van der Waals surface area contributed by atoms with Crippen LogP contribution in [-0.4, -0.2) is 59.1 Å². The van der Waals surface area contributed by atoms with Gasteiger partial charge in [0.05, 0.1) is 22.6 Å². The lowest BCUT2D eigenvalue weighted by Gasteiger charge is -2.34. The van der Waals surface area contributed by atoms with Crippen molar-refractivity contribution in [1.82, 2.24) is 9.80 Å². The van der Waals surface area contributed by atoms with Gasteiger partial charge < -0.3 is 4.90 Å². The monoisotopic (exact) mass is 435 g/mol. The predicted molar refractivity (Wildman–Crippen MR) is 106 cm³/mol. The van der Waals surface area contributed by atoms with Crippen molar-refractivity contribution in [1.29, 1.82) is 0 Å². The molecule has 1 aliphatic heterocycles. The van der Waals surface area contributed by atoms with Gasteiger partial charge in [0.1, 0.15) is 0 Å². The zero-order chi connectivity index (χ0) is 22.6. The van der Waals surface area contributed by atoms with E-state index in [4.69, 9.17) is 0 Å². The molecule has 0 N–H and O–H groups in total. The lowest BCUT2D eigenvalue weighted by Crippen LogP contribution is -2.50. The molecular formula is C21H20F3N3O4. The van der Waals surface area contributed by atoms with Crippen molar-refractivity contribution in [2.45, 2.75) is 12.6 Å². The van der Waals surface area contributed by atoms with Gasteiger partial charge in [-0.1, -0.05) is 24.3 Å². The number of alkyl halides is 3. The normalized spacial score (nSPS) is 15.0. The van der Waals surface area contributed by atoms with Crippen LogP contribution in [0.5, 0.6) is 0 Å². The van der Waals surface area contributed by atoms with Gasteiger partial charge in [-0.3, -0.25) is 24.6 Å². The van der Waals surface area contributed by atoms with E-state index in [1.165, 1.54) is 47.4 Å². The molecule has 1 heterocycles. The Labute approximate surface area is 176 Å². The van der Waals surface area contributed by atoms with Gasteiger partial charge in [0.15, 0.2) is 5.78 Å². The smallest absolute Gasteiger partial charge is 0.336 e. The Hall–Kier alpha value is -3.27. The summed E-state index contributed by atoms with van der Waals surface area (Å²) < 4.78 is 39.5.